The van der Waals surface area contributed by atoms with Crippen molar-refractivity contribution in [1.29, 1.82) is 0 Å². The maximum Gasteiger partial charge on any atom is 0.337 e. The second-order valence-electron chi connectivity index (χ2n) is 5.44. The van der Waals surface area contributed by atoms with Gasteiger partial charge in [-0.15, -0.1) is 0 Å². The zero-order valence-electron chi connectivity index (χ0n) is 12.9. The molecular formula is C16H23NO4. The van der Waals surface area contributed by atoms with E-state index in [4.69, 9.17) is 14.2 Å². The van der Waals surface area contributed by atoms with Crippen LogP contribution in [0.3, 0.4) is 0 Å². The molecule has 1 aromatic carbocycles. The molecule has 0 radical (unpaired) electrons. The lowest BCUT2D eigenvalue weighted by atomic mass is 9.99. The fourth-order valence-corrected chi connectivity index (χ4v) is 2.65. The van der Waals surface area contributed by atoms with Crippen LogP contribution in [0.5, 0.6) is 11.5 Å². The number of likely N-dealkylation sites (tertiary alicyclic amines) is 1. The maximum atomic E-state index is 11.6. The predicted octanol–water partition coefficient (Wildman–Crippen LogP) is 2.20. The average Bonchev–Trinajstić information content (AvgIpc) is 2.52. The molecule has 0 saturated carbocycles. The van der Waals surface area contributed by atoms with E-state index >= 15 is 0 Å². The molecule has 1 saturated heterocycles. The van der Waals surface area contributed by atoms with Crippen LogP contribution in [0.1, 0.15) is 23.2 Å². The molecule has 1 aliphatic heterocycles. The molecule has 0 spiro atoms. The van der Waals surface area contributed by atoms with Crippen molar-refractivity contribution in [2.45, 2.75) is 12.8 Å². The summed E-state index contributed by atoms with van der Waals surface area (Å²) in [5.41, 5.74) is 0.467. The zero-order valence-corrected chi connectivity index (χ0v) is 12.9. The molecule has 5 nitrogen and oxygen atoms in total. The molecule has 0 aromatic heterocycles. The van der Waals surface area contributed by atoms with E-state index in [1.165, 1.54) is 20.0 Å². The van der Waals surface area contributed by atoms with E-state index in [0.29, 0.717) is 29.6 Å². The highest BCUT2D eigenvalue weighted by Crippen LogP contribution is 2.29. The monoisotopic (exact) mass is 293 g/mol. The molecule has 2 rings (SSSR count). The van der Waals surface area contributed by atoms with E-state index in [1.807, 2.05) is 0 Å². The van der Waals surface area contributed by atoms with Gasteiger partial charge in [0.1, 0.15) is 0 Å². The van der Waals surface area contributed by atoms with Crippen molar-refractivity contribution in [2.75, 3.05) is 41.0 Å². The third-order valence-electron chi connectivity index (χ3n) is 3.78. The zero-order chi connectivity index (χ0) is 15.2. The number of benzene rings is 1. The fraction of sp³-hybridized carbons (Fsp3) is 0.562. The molecule has 1 aliphatic rings. The van der Waals surface area contributed by atoms with Gasteiger partial charge in [-0.3, -0.25) is 0 Å². The third-order valence-corrected chi connectivity index (χ3v) is 3.78. The molecule has 1 fully saturated rings. The number of carbonyl (C=O) groups is 1. The van der Waals surface area contributed by atoms with Gasteiger partial charge in [0, 0.05) is 12.5 Å². The summed E-state index contributed by atoms with van der Waals surface area (Å²) < 4.78 is 15.9. The van der Waals surface area contributed by atoms with Gasteiger partial charge >= 0.3 is 5.97 Å². The lowest BCUT2D eigenvalue weighted by molar-refractivity contribution is 0.0600. The van der Waals surface area contributed by atoms with E-state index in [1.54, 1.807) is 25.3 Å². The number of methoxy groups -OCH3 is 2. The van der Waals surface area contributed by atoms with Gasteiger partial charge in [-0.05, 0) is 44.6 Å². The lowest BCUT2D eigenvalue weighted by Gasteiger charge is -2.29. The minimum absolute atomic E-state index is 0.375. The summed E-state index contributed by atoms with van der Waals surface area (Å²) in [5.74, 6) is 1.36. The number of hydrogen-bond donors (Lipinski definition) is 0. The van der Waals surface area contributed by atoms with Gasteiger partial charge in [0.25, 0.3) is 0 Å². The van der Waals surface area contributed by atoms with Crippen LogP contribution in [-0.2, 0) is 4.74 Å². The number of rotatable bonds is 5. The normalized spacial score (nSPS) is 19.1. The Morgan fingerprint density at radius 1 is 1.33 bits per heavy atom. The molecule has 1 unspecified atom stereocenters. The van der Waals surface area contributed by atoms with Gasteiger partial charge in [-0.25, -0.2) is 4.79 Å². The van der Waals surface area contributed by atoms with Crippen LogP contribution in [0.15, 0.2) is 18.2 Å². The number of esters is 1. The third kappa shape index (κ3) is 4.11. The highest BCUT2D eigenvalue weighted by Gasteiger charge is 2.19. The summed E-state index contributed by atoms with van der Waals surface area (Å²) in [6.45, 7) is 2.82. The predicted molar refractivity (Wildman–Crippen MR) is 80.0 cm³/mol. The molecular weight excluding hydrogens is 270 g/mol. The van der Waals surface area contributed by atoms with E-state index in [0.717, 1.165) is 13.1 Å². The van der Waals surface area contributed by atoms with Gasteiger partial charge < -0.3 is 19.1 Å². The summed E-state index contributed by atoms with van der Waals surface area (Å²) in [5, 5.41) is 0. The molecule has 0 aliphatic carbocycles. The summed E-state index contributed by atoms with van der Waals surface area (Å²) in [6, 6.07) is 5.08. The summed E-state index contributed by atoms with van der Waals surface area (Å²) in [6.07, 6.45) is 2.37. The second kappa shape index (κ2) is 7.31. The molecule has 116 valence electrons. The van der Waals surface area contributed by atoms with Crippen LogP contribution in [0.2, 0.25) is 0 Å². The molecule has 1 aromatic rings. The van der Waals surface area contributed by atoms with Gasteiger partial charge in [0.05, 0.1) is 26.4 Å². The van der Waals surface area contributed by atoms with Crippen LogP contribution in [0.4, 0.5) is 0 Å². The van der Waals surface area contributed by atoms with Crippen molar-refractivity contribution in [1.82, 2.24) is 4.90 Å². The minimum atomic E-state index is -0.375. The van der Waals surface area contributed by atoms with E-state index in [-0.39, 0.29) is 5.97 Å². The Morgan fingerprint density at radius 3 is 2.81 bits per heavy atom. The van der Waals surface area contributed by atoms with E-state index < -0.39 is 0 Å². The van der Waals surface area contributed by atoms with Crippen LogP contribution >= 0.6 is 0 Å². The van der Waals surface area contributed by atoms with Crippen LogP contribution in [-0.4, -0.2) is 51.8 Å². The van der Waals surface area contributed by atoms with Crippen molar-refractivity contribution in [3.63, 3.8) is 0 Å². The number of ether oxygens (including phenoxy) is 3. The average molecular weight is 293 g/mol. The van der Waals surface area contributed by atoms with E-state index in [2.05, 4.69) is 11.9 Å². The molecule has 0 amide bonds. The Hall–Kier alpha value is -1.75. The van der Waals surface area contributed by atoms with Gasteiger partial charge in [0.15, 0.2) is 11.5 Å². The Kier molecular flexibility index (Phi) is 5.44. The first kappa shape index (κ1) is 15.6. The Balaban J connectivity index is 2.04. The number of nitrogens with zero attached hydrogens (tertiary/aromatic N) is 1. The van der Waals surface area contributed by atoms with Gasteiger partial charge in [-0.2, -0.15) is 0 Å². The van der Waals surface area contributed by atoms with E-state index in [9.17, 15) is 4.79 Å². The first-order chi connectivity index (χ1) is 10.1. The molecule has 0 N–H and O–H groups in total. The van der Waals surface area contributed by atoms with Crippen LogP contribution in [0.25, 0.3) is 0 Å². The minimum Gasteiger partial charge on any atom is -0.493 e. The quantitative estimate of drug-likeness (QED) is 0.779. The fourth-order valence-electron chi connectivity index (χ4n) is 2.65. The lowest BCUT2D eigenvalue weighted by Crippen LogP contribution is -2.34. The standard InChI is InChI=1S/C16H23NO4/c1-17-8-4-5-12(10-17)11-21-15-9-13(16(18)20-3)6-7-14(15)19-2/h6-7,9,12H,4-5,8,10-11H2,1-3H3. The number of carbonyl (C=O) groups excluding carboxylic acids is 1. The van der Waals surface area contributed by atoms with Gasteiger partial charge in [0.2, 0.25) is 0 Å². The van der Waals surface area contributed by atoms with Crippen LogP contribution < -0.4 is 9.47 Å². The summed E-state index contributed by atoms with van der Waals surface area (Å²) >= 11 is 0. The van der Waals surface area contributed by atoms with Crippen molar-refractivity contribution in [2.24, 2.45) is 5.92 Å². The molecule has 1 heterocycles. The highest BCUT2D eigenvalue weighted by molar-refractivity contribution is 5.90. The molecule has 0 bridgehead atoms. The topological polar surface area (TPSA) is 48.0 Å². The molecule has 1 atom stereocenters. The SMILES string of the molecule is COC(=O)c1ccc(OC)c(OCC2CCCN(C)C2)c1. The van der Waals surface area contributed by atoms with Crippen molar-refractivity contribution < 1.29 is 19.0 Å². The largest absolute Gasteiger partial charge is 0.493 e. The first-order valence-electron chi connectivity index (χ1n) is 7.21. The Morgan fingerprint density at radius 2 is 2.14 bits per heavy atom. The number of piperidine rings is 1. The Bertz CT molecular complexity index is 489. The second-order valence-corrected chi connectivity index (χ2v) is 5.44. The van der Waals surface area contributed by atoms with Crippen molar-refractivity contribution >= 4 is 5.97 Å². The summed E-state index contributed by atoms with van der Waals surface area (Å²) in [7, 11) is 5.09. The maximum absolute atomic E-state index is 11.6. The number of hydrogen-bond acceptors (Lipinski definition) is 5. The summed E-state index contributed by atoms with van der Waals surface area (Å²) in [4.78, 5) is 13.9. The molecule has 21 heavy (non-hydrogen) atoms. The molecule has 5 heteroatoms. The Labute approximate surface area is 125 Å². The van der Waals surface area contributed by atoms with Crippen molar-refractivity contribution in [3.05, 3.63) is 23.8 Å². The highest BCUT2D eigenvalue weighted by atomic mass is 16.5. The first-order valence-corrected chi connectivity index (χ1v) is 7.21. The van der Waals surface area contributed by atoms with Crippen LogP contribution in [0, 0.1) is 5.92 Å². The van der Waals surface area contributed by atoms with Crippen molar-refractivity contribution in [3.8, 4) is 11.5 Å². The smallest absolute Gasteiger partial charge is 0.337 e. The van der Waals surface area contributed by atoms with Gasteiger partial charge in [-0.1, -0.05) is 0 Å².